The number of aromatic nitrogens is 1. The molecular formula is C19H15FN2OS. The van der Waals surface area contributed by atoms with Gasteiger partial charge in [-0.2, -0.15) is 5.26 Å². The van der Waals surface area contributed by atoms with Crippen LogP contribution in [0.3, 0.4) is 0 Å². The Morgan fingerprint density at radius 3 is 2.79 bits per heavy atom. The van der Waals surface area contributed by atoms with E-state index in [0.717, 1.165) is 22.1 Å². The fourth-order valence-electron chi connectivity index (χ4n) is 2.82. The molecule has 0 N–H and O–H groups in total. The topological polar surface area (TPSA) is 45.9 Å². The van der Waals surface area contributed by atoms with E-state index < -0.39 is 0 Å². The Labute approximate surface area is 144 Å². The van der Waals surface area contributed by atoms with E-state index in [0.29, 0.717) is 11.1 Å². The van der Waals surface area contributed by atoms with Gasteiger partial charge in [-0.25, -0.2) is 4.39 Å². The van der Waals surface area contributed by atoms with Crippen molar-refractivity contribution in [1.82, 2.24) is 4.98 Å². The number of pyridine rings is 1. The average Bonchev–Trinajstić information content (AvgIpc) is 2.60. The summed E-state index contributed by atoms with van der Waals surface area (Å²) in [6, 6.07) is 14.1. The van der Waals surface area contributed by atoms with Crippen molar-refractivity contribution in [2.24, 2.45) is 0 Å². The zero-order chi connectivity index (χ0) is 17.1. The molecule has 2 aromatic carbocycles. The Kier molecular flexibility index (Phi) is 4.79. The predicted octanol–water partition coefficient (Wildman–Crippen LogP) is 5.27. The van der Waals surface area contributed by atoms with Gasteiger partial charge in [0.05, 0.1) is 23.3 Å². The highest BCUT2D eigenvalue weighted by atomic mass is 32.2. The van der Waals surface area contributed by atoms with E-state index in [-0.39, 0.29) is 11.9 Å². The van der Waals surface area contributed by atoms with E-state index in [2.05, 4.69) is 11.1 Å². The fourth-order valence-corrected chi connectivity index (χ4v) is 3.21. The molecule has 0 bridgehead atoms. The van der Waals surface area contributed by atoms with Gasteiger partial charge in [-0.15, -0.1) is 0 Å². The van der Waals surface area contributed by atoms with Crippen LogP contribution >= 0.6 is 12.0 Å². The van der Waals surface area contributed by atoms with Gasteiger partial charge in [0.2, 0.25) is 0 Å². The van der Waals surface area contributed by atoms with E-state index >= 15 is 0 Å². The molecule has 0 saturated carbocycles. The zero-order valence-electron chi connectivity index (χ0n) is 13.3. The molecule has 0 fully saturated rings. The minimum Gasteiger partial charge on any atom is -0.308 e. The van der Waals surface area contributed by atoms with E-state index in [1.54, 1.807) is 18.3 Å². The summed E-state index contributed by atoms with van der Waals surface area (Å²) in [7, 11) is 0. The number of halogens is 1. The molecule has 0 aliphatic carbocycles. The highest BCUT2D eigenvalue weighted by Crippen LogP contribution is 2.38. The standard InChI is InChI=1S/C19H15FN2OS/c1-12(23-24-2)17-10-14(11-21)16-7-4-8-22-19(16)18(17)13-5-3-6-15(20)9-13/h3-10,12H,1-2H3. The third-order valence-corrected chi connectivity index (χ3v) is 4.32. The Morgan fingerprint density at radius 1 is 1.25 bits per heavy atom. The molecule has 1 aromatic heterocycles. The quantitative estimate of drug-likeness (QED) is 0.608. The first-order chi connectivity index (χ1) is 11.7. The molecule has 1 unspecified atom stereocenters. The number of fused-ring (bicyclic) bond motifs is 1. The van der Waals surface area contributed by atoms with Crippen LogP contribution in [0.25, 0.3) is 22.0 Å². The minimum absolute atomic E-state index is 0.267. The number of nitrogens with zero attached hydrogens (tertiary/aromatic N) is 2. The first-order valence-electron chi connectivity index (χ1n) is 7.43. The normalized spacial score (nSPS) is 12.1. The summed E-state index contributed by atoms with van der Waals surface area (Å²) < 4.78 is 19.4. The molecule has 0 spiro atoms. The summed E-state index contributed by atoms with van der Waals surface area (Å²) in [5.41, 5.74) is 3.54. The largest absolute Gasteiger partial charge is 0.308 e. The summed E-state index contributed by atoms with van der Waals surface area (Å²) in [5.74, 6) is -0.315. The lowest BCUT2D eigenvalue weighted by Gasteiger charge is -2.18. The van der Waals surface area contributed by atoms with Crippen LogP contribution < -0.4 is 0 Å². The van der Waals surface area contributed by atoms with Crippen LogP contribution in [-0.4, -0.2) is 11.2 Å². The van der Waals surface area contributed by atoms with Gasteiger partial charge >= 0.3 is 0 Å². The molecule has 3 aromatic rings. The lowest BCUT2D eigenvalue weighted by molar-refractivity contribution is 0.275. The van der Waals surface area contributed by atoms with Crippen molar-refractivity contribution < 1.29 is 8.57 Å². The van der Waals surface area contributed by atoms with Crippen LogP contribution in [0.15, 0.2) is 48.7 Å². The predicted molar refractivity (Wildman–Crippen MR) is 94.9 cm³/mol. The second-order valence-corrected chi connectivity index (χ2v) is 5.84. The molecule has 120 valence electrons. The molecule has 0 saturated heterocycles. The van der Waals surface area contributed by atoms with Gasteiger partial charge in [-0.1, -0.05) is 12.1 Å². The van der Waals surface area contributed by atoms with Gasteiger partial charge in [0.25, 0.3) is 0 Å². The molecular weight excluding hydrogens is 323 g/mol. The van der Waals surface area contributed by atoms with E-state index in [4.69, 9.17) is 4.18 Å². The number of nitriles is 1. The molecule has 24 heavy (non-hydrogen) atoms. The molecule has 1 atom stereocenters. The smallest absolute Gasteiger partial charge is 0.123 e. The van der Waals surface area contributed by atoms with Gasteiger partial charge in [-0.05, 0) is 60.4 Å². The summed E-state index contributed by atoms with van der Waals surface area (Å²) in [6.07, 6.45) is 3.25. The summed E-state index contributed by atoms with van der Waals surface area (Å²) in [6.45, 7) is 1.91. The van der Waals surface area contributed by atoms with Crippen LogP contribution in [0.4, 0.5) is 4.39 Å². The molecule has 3 nitrogen and oxygen atoms in total. The Morgan fingerprint density at radius 2 is 2.08 bits per heavy atom. The first kappa shape index (κ1) is 16.4. The summed E-state index contributed by atoms with van der Waals surface area (Å²) in [5, 5.41) is 10.2. The van der Waals surface area contributed by atoms with E-state index in [1.807, 2.05) is 31.4 Å². The second kappa shape index (κ2) is 7.00. The summed E-state index contributed by atoms with van der Waals surface area (Å²) >= 11 is 1.25. The average molecular weight is 338 g/mol. The molecule has 0 radical (unpaired) electrons. The maximum absolute atomic E-state index is 13.8. The molecule has 0 aliphatic rings. The molecule has 0 aliphatic heterocycles. The highest BCUT2D eigenvalue weighted by molar-refractivity contribution is 7.93. The lowest BCUT2D eigenvalue weighted by atomic mass is 9.91. The highest BCUT2D eigenvalue weighted by Gasteiger charge is 2.19. The number of hydrogen-bond donors (Lipinski definition) is 0. The monoisotopic (exact) mass is 338 g/mol. The summed E-state index contributed by atoms with van der Waals surface area (Å²) in [4.78, 5) is 4.46. The number of hydrogen-bond acceptors (Lipinski definition) is 4. The van der Waals surface area contributed by atoms with Crippen molar-refractivity contribution in [2.45, 2.75) is 13.0 Å². The van der Waals surface area contributed by atoms with Gasteiger partial charge < -0.3 is 4.18 Å². The van der Waals surface area contributed by atoms with Crippen molar-refractivity contribution in [3.63, 3.8) is 0 Å². The molecule has 5 heteroatoms. The molecule has 1 heterocycles. The van der Waals surface area contributed by atoms with Crippen LogP contribution in [0.2, 0.25) is 0 Å². The Balaban J connectivity index is 2.39. The third-order valence-electron chi connectivity index (χ3n) is 3.84. The SMILES string of the molecule is CSOC(C)c1cc(C#N)c2cccnc2c1-c1cccc(F)c1. The van der Waals surface area contributed by atoms with Crippen LogP contribution in [-0.2, 0) is 4.18 Å². The number of rotatable bonds is 4. The van der Waals surface area contributed by atoms with Crippen LogP contribution in [0, 0.1) is 17.1 Å². The minimum atomic E-state index is -0.315. The van der Waals surface area contributed by atoms with Crippen molar-refractivity contribution >= 4 is 22.9 Å². The first-order valence-corrected chi connectivity index (χ1v) is 8.57. The van der Waals surface area contributed by atoms with Gasteiger partial charge in [-0.3, -0.25) is 4.98 Å². The number of benzene rings is 2. The third kappa shape index (κ3) is 2.99. The van der Waals surface area contributed by atoms with Gasteiger partial charge in [0, 0.05) is 23.4 Å². The molecule has 0 amide bonds. The van der Waals surface area contributed by atoms with Gasteiger partial charge in [0.1, 0.15) is 5.82 Å². The Hall–Kier alpha value is -2.42. The second-order valence-electron chi connectivity index (χ2n) is 5.32. The fraction of sp³-hybridized carbons (Fsp3) is 0.158. The van der Waals surface area contributed by atoms with Crippen LogP contribution in [0.1, 0.15) is 24.2 Å². The van der Waals surface area contributed by atoms with Crippen LogP contribution in [0.5, 0.6) is 0 Å². The van der Waals surface area contributed by atoms with Gasteiger partial charge in [0.15, 0.2) is 0 Å². The van der Waals surface area contributed by atoms with Crippen molar-refractivity contribution in [2.75, 3.05) is 6.26 Å². The maximum atomic E-state index is 13.8. The van der Waals surface area contributed by atoms with Crippen molar-refractivity contribution in [3.8, 4) is 17.2 Å². The van der Waals surface area contributed by atoms with Crippen molar-refractivity contribution in [3.05, 3.63) is 65.6 Å². The Bertz CT molecular complexity index is 936. The van der Waals surface area contributed by atoms with Crippen molar-refractivity contribution in [1.29, 1.82) is 5.26 Å². The zero-order valence-corrected chi connectivity index (χ0v) is 14.1. The maximum Gasteiger partial charge on any atom is 0.123 e. The van der Waals surface area contributed by atoms with E-state index in [1.165, 1.54) is 24.2 Å². The lowest BCUT2D eigenvalue weighted by Crippen LogP contribution is -2.01. The molecule has 3 rings (SSSR count). The van der Waals surface area contributed by atoms with E-state index in [9.17, 15) is 9.65 Å².